The molecule has 0 fully saturated rings. The first-order valence-corrected chi connectivity index (χ1v) is 6.42. The van der Waals surface area contributed by atoms with Crippen molar-refractivity contribution in [1.82, 2.24) is 0 Å². The zero-order valence-electron chi connectivity index (χ0n) is 11.7. The van der Waals surface area contributed by atoms with Crippen molar-refractivity contribution >= 4 is 11.0 Å². The van der Waals surface area contributed by atoms with E-state index in [0.717, 1.165) is 16.7 Å². The summed E-state index contributed by atoms with van der Waals surface area (Å²) in [6.45, 7) is 0. The number of nitrogens with zero attached hydrogens (tertiary/aromatic N) is 1. The molecule has 3 rings (SSSR count). The maximum absolute atomic E-state index is 9.31. The fraction of sp³-hybridized carbons (Fsp3) is 0.118. The molecule has 2 aromatic carbocycles. The molecule has 0 atom stereocenters. The summed E-state index contributed by atoms with van der Waals surface area (Å²) in [5, 5.41) is 10.1. The standard InChI is InChI=1S/C17H13NO3/c1-19-12-5-3-11(4-6-12)17-9-13-14(10-18)15(20-2)7-8-16(13)21-17/h3-9H,1-2H3. The number of hydrogen-bond acceptors (Lipinski definition) is 4. The van der Waals surface area contributed by atoms with E-state index in [1.165, 1.54) is 0 Å². The van der Waals surface area contributed by atoms with Crippen molar-refractivity contribution in [3.63, 3.8) is 0 Å². The van der Waals surface area contributed by atoms with E-state index in [0.29, 0.717) is 22.7 Å². The van der Waals surface area contributed by atoms with Gasteiger partial charge in [-0.1, -0.05) is 0 Å². The number of benzene rings is 2. The maximum atomic E-state index is 9.31. The van der Waals surface area contributed by atoms with Crippen molar-refractivity contribution in [3.05, 3.63) is 48.0 Å². The fourth-order valence-electron chi connectivity index (χ4n) is 2.27. The Morgan fingerprint density at radius 1 is 1.00 bits per heavy atom. The van der Waals surface area contributed by atoms with Gasteiger partial charge in [-0.25, -0.2) is 0 Å². The Morgan fingerprint density at radius 2 is 1.76 bits per heavy atom. The molecule has 4 heteroatoms. The van der Waals surface area contributed by atoms with Gasteiger partial charge in [0.15, 0.2) is 0 Å². The molecule has 3 aromatic rings. The van der Waals surface area contributed by atoms with Crippen molar-refractivity contribution in [2.45, 2.75) is 0 Å². The second kappa shape index (κ2) is 5.22. The van der Waals surface area contributed by atoms with Gasteiger partial charge in [0.1, 0.15) is 34.5 Å². The second-order valence-electron chi connectivity index (χ2n) is 4.51. The molecule has 0 radical (unpaired) electrons. The molecule has 21 heavy (non-hydrogen) atoms. The van der Waals surface area contributed by atoms with Crippen LogP contribution in [0.2, 0.25) is 0 Å². The highest BCUT2D eigenvalue weighted by molar-refractivity contribution is 5.90. The largest absolute Gasteiger partial charge is 0.497 e. The quantitative estimate of drug-likeness (QED) is 0.727. The van der Waals surface area contributed by atoms with Gasteiger partial charge < -0.3 is 13.9 Å². The van der Waals surface area contributed by atoms with Crippen molar-refractivity contribution in [1.29, 1.82) is 5.26 Å². The van der Waals surface area contributed by atoms with Crippen molar-refractivity contribution < 1.29 is 13.9 Å². The third-order valence-corrected chi connectivity index (χ3v) is 3.37. The van der Waals surface area contributed by atoms with Gasteiger partial charge >= 0.3 is 0 Å². The average Bonchev–Trinajstić information content (AvgIpc) is 2.97. The van der Waals surface area contributed by atoms with Gasteiger partial charge in [-0.3, -0.25) is 0 Å². The summed E-state index contributed by atoms with van der Waals surface area (Å²) < 4.78 is 16.2. The van der Waals surface area contributed by atoms with Gasteiger partial charge in [0.05, 0.1) is 14.2 Å². The van der Waals surface area contributed by atoms with Gasteiger partial charge in [-0.15, -0.1) is 0 Å². The van der Waals surface area contributed by atoms with Crippen LogP contribution in [-0.4, -0.2) is 14.2 Å². The number of ether oxygens (including phenoxy) is 2. The number of fused-ring (bicyclic) bond motifs is 1. The minimum absolute atomic E-state index is 0.485. The van der Waals surface area contributed by atoms with Crippen molar-refractivity contribution in [2.24, 2.45) is 0 Å². The Kier molecular flexibility index (Phi) is 3.25. The summed E-state index contributed by atoms with van der Waals surface area (Å²) in [5.74, 6) is 2.04. The van der Waals surface area contributed by atoms with E-state index in [9.17, 15) is 5.26 Å². The van der Waals surface area contributed by atoms with Gasteiger partial charge in [0, 0.05) is 10.9 Å². The lowest BCUT2D eigenvalue weighted by molar-refractivity contribution is 0.414. The van der Waals surface area contributed by atoms with E-state index in [1.807, 2.05) is 36.4 Å². The van der Waals surface area contributed by atoms with Crippen LogP contribution in [0, 0.1) is 11.3 Å². The van der Waals surface area contributed by atoms with Crippen LogP contribution in [0.3, 0.4) is 0 Å². The van der Waals surface area contributed by atoms with Crippen molar-refractivity contribution in [3.8, 4) is 28.9 Å². The summed E-state index contributed by atoms with van der Waals surface area (Å²) >= 11 is 0. The van der Waals surface area contributed by atoms with Gasteiger partial charge in [0.25, 0.3) is 0 Å². The molecule has 0 aliphatic rings. The highest BCUT2D eigenvalue weighted by atomic mass is 16.5. The van der Waals surface area contributed by atoms with E-state index in [2.05, 4.69) is 6.07 Å². The van der Waals surface area contributed by atoms with Crippen LogP contribution in [-0.2, 0) is 0 Å². The minimum atomic E-state index is 0.485. The Labute approximate surface area is 122 Å². The Bertz CT molecular complexity index is 826. The van der Waals surface area contributed by atoms with Crippen LogP contribution in [0.4, 0.5) is 0 Å². The monoisotopic (exact) mass is 279 g/mol. The third-order valence-electron chi connectivity index (χ3n) is 3.37. The minimum Gasteiger partial charge on any atom is -0.497 e. The van der Waals surface area contributed by atoms with Crippen LogP contribution in [0.1, 0.15) is 5.56 Å². The molecular formula is C17H13NO3. The highest BCUT2D eigenvalue weighted by Gasteiger charge is 2.13. The summed E-state index contributed by atoms with van der Waals surface area (Å²) in [6, 6.07) is 15.1. The smallest absolute Gasteiger partial charge is 0.137 e. The molecule has 0 spiro atoms. The van der Waals surface area contributed by atoms with Crippen LogP contribution in [0.15, 0.2) is 46.9 Å². The summed E-state index contributed by atoms with van der Waals surface area (Å²) in [6.07, 6.45) is 0. The number of rotatable bonds is 3. The zero-order valence-corrected chi connectivity index (χ0v) is 11.7. The van der Waals surface area contributed by atoms with Crippen molar-refractivity contribution in [2.75, 3.05) is 14.2 Å². The highest BCUT2D eigenvalue weighted by Crippen LogP contribution is 2.34. The first-order chi connectivity index (χ1) is 10.3. The van der Waals surface area contributed by atoms with Crippen LogP contribution >= 0.6 is 0 Å². The van der Waals surface area contributed by atoms with Crippen LogP contribution in [0.25, 0.3) is 22.3 Å². The average molecular weight is 279 g/mol. The summed E-state index contributed by atoms with van der Waals surface area (Å²) in [7, 11) is 3.17. The number of nitriles is 1. The SMILES string of the molecule is COc1ccc(-c2cc3c(C#N)c(OC)ccc3o2)cc1. The first-order valence-electron chi connectivity index (χ1n) is 6.42. The number of furan rings is 1. The Morgan fingerprint density at radius 3 is 2.38 bits per heavy atom. The molecule has 0 bridgehead atoms. The molecule has 4 nitrogen and oxygen atoms in total. The molecule has 104 valence electrons. The van der Waals surface area contributed by atoms with Gasteiger partial charge in [-0.2, -0.15) is 5.26 Å². The lowest BCUT2D eigenvalue weighted by Gasteiger charge is -2.01. The normalized spacial score (nSPS) is 10.3. The molecule has 1 heterocycles. The predicted molar refractivity (Wildman–Crippen MR) is 79.5 cm³/mol. The Balaban J connectivity index is 2.14. The van der Waals surface area contributed by atoms with Gasteiger partial charge in [0.2, 0.25) is 0 Å². The lowest BCUT2D eigenvalue weighted by atomic mass is 10.1. The molecule has 1 aromatic heterocycles. The van der Waals surface area contributed by atoms with E-state index in [-0.39, 0.29) is 0 Å². The molecular weight excluding hydrogens is 266 g/mol. The third kappa shape index (κ3) is 2.19. The van der Waals surface area contributed by atoms with Crippen LogP contribution in [0.5, 0.6) is 11.5 Å². The van der Waals surface area contributed by atoms with Crippen LogP contribution < -0.4 is 9.47 Å². The van der Waals surface area contributed by atoms with E-state index >= 15 is 0 Å². The molecule has 0 unspecified atom stereocenters. The molecule has 0 saturated heterocycles. The number of hydrogen-bond donors (Lipinski definition) is 0. The maximum Gasteiger partial charge on any atom is 0.137 e. The summed E-state index contributed by atoms with van der Waals surface area (Å²) in [5.41, 5.74) is 2.08. The molecule has 0 aliphatic heterocycles. The molecule has 0 saturated carbocycles. The molecule has 0 aliphatic carbocycles. The zero-order chi connectivity index (χ0) is 14.8. The fourth-order valence-corrected chi connectivity index (χ4v) is 2.27. The van der Waals surface area contributed by atoms with Gasteiger partial charge in [-0.05, 0) is 42.5 Å². The van der Waals surface area contributed by atoms with E-state index in [1.54, 1.807) is 20.3 Å². The first kappa shape index (κ1) is 13.1. The lowest BCUT2D eigenvalue weighted by Crippen LogP contribution is -1.87. The van der Waals surface area contributed by atoms with E-state index < -0.39 is 0 Å². The topological polar surface area (TPSA) is 55.4 Å². The van der Waals surface area contributed by atoms with E-state index in [4.69, 9.17) is 13.9 Å². The summed E-state index contributed by atoms with van der Waals surface area (Å²) in [4.78, 5) is 0. The molecule has 0 N–H and O–H groups in total. The second-order valence-corrected chi connectivity index (χ2v) is 4.51. The number of methoxy groups -OCH3 is 2. The Hall–Kier alpha value is -2.93. The predicted octanol–water partition coefficient (Wildman–Crippen LogP) is 3.99. The molecule has 0 amide bonds.